The molecule has 0 aliphatic heterocycles. The molecule has 2 nitrogen and oxygen atoms in total. The van der Waals surface area contributed by atoms with E-state index in [1.165, 1.54) is 0 Å². The Hall–Kier alpha value is -1.36. The maximum Gasteiger partial charge on any atom is 0.131 e. The molecule has 2 heteroatoms. The van der Waals surface area contributed by atoms with E-state index in [2.05, 4.69) is 21.8 Å². The van der Waals surface area contributed by atoms with Gasteiger partial charge in [0.1, 0.15) is 5.69 Å². The molecule has 0 unspecified atom stereocenters. The van der Waals surface area contributed by atoms with Crippen LogP contribution in [-0.2, 0) is 0 Å². The van der Waals surface area contributed by atoms with Crippen molar-refractivity contribution in [3.05, 3.63) is 23.3 Å². The summed E-state index contributed by atoms with van der Waals surface area (Å²) in [5.74, 6) is 5.63. The Morgan fingerprint density at radius 2 is 1.53 bits per heavy atom. The van der Waals surface area contributed by atoms with Crippen molar-refractivity contribution in [2.45, 2.75) is 48.5 Å². The average molecular weight is 206 g/mol. The zero-order valence-corrected chi connectivity index (χ0v) is 11.0. The number of aryl methyl sites for hydroxylation is 2. The van der Waals surface area contributed by atoms with Crippen LogP contribution < -0.4 is 0 Å². The smallest absolute Gasteiger partial charge is 0.131 e. The summed E-state index contributed by atoms with van der Waals surface area (Å²) in [6.45, 7) is 13.7. The number of rotatable bonds is 0. The standard InChI is InChI=1S/C9H10N2.2C2H6/c1-4-5-9-6-10-7(2)8(3)11-9;2*1-2/h6H,1-3H3;2*1-2H3. The Kier molecular flexibility index (Phi) is 11.5. The zero-order chi connectivity index (χ0) is 12.3. The van der Waals surface area contributed by atoms with Gasteiger partial charge in [0, 0.05) is 0 Å². The molecule has 84 valence electrons. The van der Waals surface area contributed by atoms with Gasteiger partial charge in [0.15, 0.2) is 0 Å². The van der Waals surface area contributed by atoms with Gasteiger partial charge in [0.05, 0.1) is 17.6 Å². The Labute approximate surface area is 94.2 Å². The van der Waals surface area contributed by atoms with Crippen molar-refractivity contribution in [3.8, 4) is 11.8 Å². The van der Waals surface area contributed by atoms with Crippen LogP contribution in [0, 0.1) is 25.7 Å². The SMILES string of the molecule is CC.CC.CC#Cc1cnc(C)c(C)n1. The minimum absolute atomic E-state index is 0.746. The predicted octanol–water partition coefficient (Wildman–Crippen LogP) is 3.52. The number of hydrogen-bond donors (Lipinski definition) is 0. The van der Waals surface area contributed by atoms with E-state index in [1.54, 1.807) is 13.1 Å². The second-order valence-corrected chi connectivity index (χ2v) is 2.30. The lowest BCUT2D eigenvalue weighted by molar-refractivity contribution is 1.03. The normalized spacial score (nSPS) is 7.13. The zero-order valence-electron chi connectivity index (χ0n) is 11.0. The summed E-state index contributed by atoms with van der Waals surface area (Å²) in [5.41, 5.74) is 2.66. The monoisotopic (exact) mass is 206 g/mol. The van der Waals surface area contributed by atoms with Crippen molar-refractivity contribution in [1.82, 2.24) is 9.97 Å². The maximum atomic E-state index is 4.23. The number of aromatic nitrogens is 2. The van der Waals surface area contributed by atoms with Crippen molar-refractivity contribution in [3.63, 3.8) is 0 Å². The van der Waals surface area contributed by atoms with Crippen LogP contribution >= 0.6 is 0 Å². The minimum atomic E-state index is 0.746. The Morgan fingerprint density at radius 3 is 1.93 bits per heavy atom. The van der Waals surface area contributed by atoms with E-state index in [4.69, 9.17) is 0 Å². The van der Waals surface area contributed by atoms with Crippen LogP contribution in [0.3, 0.4) is 0 Å². The quantitative estimate of drug-likeness (QED) is 0.607. The van der Waals surface area contributed by atoms with E-state index in [9.17, 15) is 0 Å². The molecule has 0 N–H and O–H groups in total. The molecule has 0 saturated carbocycles. The van der Waals surface area contributed by atoms with Gasteiger partial charge in [-0.2, -0.15) is 0 Å². The first kappa shape index (κ1) is 16.1. The summed E-state index contributed by atoms with van der Waals surface area (Å²) < 4.78 is 0. The van der Waals surface area contributed by atoms with Gasteiger partial charge in [-0.05, 0) is 26.7 Å². The Morgan fingerprint density at radius 1 is 1.00 bits per heavy atom. The van der Waals surface area contributed by atoms with Gasteiger partial charge in [-0.3, -0.25) is 4.98 Å². The summed E-state index contributed by atoms with van der Waals surface area (Å²) in [6, 6.07) is 0. The number of hydrogen-bond acceptors (Lipinski definition) is 2. The summed E-state index contributed by atoms with van der Waals surface area (Å²) >= 11 is 0. The summed E-state index contributed by atoms with van der Waals surface area (Å²) in [6.07, 6.45) is 1.69. The molecule has 0 spiro atoms. The van der Waals surface area contributed by atoms with E-state index < -0.39 is 0 Å². The van der Waals surface area contributed by atoms with E-state index in [1.807, 2.05) is 41.5 Å². The molecule has 1 aromatic rings. The highest BCUT2D eigenvalue weighted by Crippen LogP contribution is 1.98. The highest BCUT2D eigenvalue weighted by atomic mass is 14.8. The molecular weight excluding hydrogens is 184 g/mol. The number of nitrogens with zero attached hydrogens (tertiary/aromatic N) is 2. The van der Waals surface area contributed by atoms with Crippen LogP contribution in [0.2, 0.25) is 0 Å². The third kappa shape index (κ3) is 6.68. The highest BCUT2D eigenvalue weighted by Gasteiger charge is 1.94. The minimum Gasteiger partial charge on any atom is -0.257 e. The van der Waals surface area contributed by atoms with Crippen LogP contribution in [0.4, 0.5) is 0 Å². The molecular formula is C13H22N2. The second-order valence-electron chi connectivity index (χ2n) is 2.30. The van der Waals surface area contributed by atoms with Gasteiger partial charge in [-0.1, -0.05) is 33.6 Å². The van der Waals surface area contributed by atoms with Crippen LogP contribution in [0.25, 0.3) is 0 Å². The van der Waals surface area contributed by atoms with Crippen molar-refractivity contribution in [2.75, 3.05) is 0 Å². The lowest BCUT2D eigenvalue weighted by Crippen LogP contribution is -1.93. The predicted molar refractivity (Wildman–Crippen MR) is 66.8 cm³/mol. The summed E-state index contributed by atoms with van der Waals surface area (Å²) in [4.78, 5) is 8.36. The van der Waals surface area contributed by atoms with E-state index >= 15 is 0 Å². The Balaban J connectivity index is 0. The molecule has 0 aromatic carbocycles. The summed E-state index contributed by atoms with van der Waals surface area (Å²) in [7, 11) is 0. The fraction of sp³-hybridized carbons (Fsp3) is 0.538. The molecule has 1 heterocycles. The van der Waals surface area contributed by atoms with E-state index in [0.29, 0.717) is 0 Å². The Bertz CT molecular complexity index is 319. The molecule has 0 fully saturated rings. The first-order valence-corrected chi connectivity index (χ1v) is 5.47. The van der Waals surface area contributed by atoms with Crippen molar-refractivity contribution >= 4 is 0 Å². The van der Waals surface area contributed by atoms with E-state index in [0.717, 1.165) is 17.1 Å². The lowest BCUT2D eigenvalue weighted by Gasteiger charge is -1.96. The topological polar surface area (TPSA) is 25.8 Å². The van der Waals surface area contributed by atoms with Gasteiger partial charge >= 0.3 is 0 Å². The second kappa shape index (κ2) is 10.7. The van der Waals surface area contributed by atoms with Crippen LogP contribution in [-0.4, -0.2) is 9.97 Å². The van der Waals surface area contributed by atoms with Crippen molar-refractivity contribution in [1.29, 1.82) is 0 Å². The van der Waals surface area contributed by atoms with Gasteiger partial charge in [-0.25, -0.2) is 4.98 Å². The molecule has 0 atom stereocenters. The van der Waals surface area contributed by atoms with Gasteiger partial charge in [0.2, 0.25) is 0 Å². The fourth-order valence-corrected chi connectivity index (χ4v) is 0.730. The highest BCUT2D eigenvalue weighted by molar-refractivity contribution is 5.26. The molecule has 1 rings (SSSR count). The van der Waals surface area contributed by atoms with Gasteiger partial charge in [-0.15, -0.1) is 0 Å². The molecule has 0 saturated heterocycles. The van der Waals surface area contributed by atoms with Crippen molar-refractivity contribution < 1.29 is 0 Å². The maximum absolute atomic E-state index is 4.23. The molecule has 0 aliphatic carbocycles. The van der Waals surface area contributed by atoms with Crippen molar-refractivity contribution in [2.24, 2.45) is 0 Å². The average Bonchev–Trinajstić information content (AvgIpc) is 2.30. The van der Waals surface area contributed by atoms with Crippen LogP contribution in [0.5, 0.6) is 0 Å². The summed E-state index contributed by atoms with van der Waals surface area (Å²) in [5, 5.41) is 0. The molecule has 0 bridgehead atoms. The van der Waals surface area contributed by atoms with Crippen LogP contribution in [0.1, 0.15) is 51.7 Å². The van der Waals surface area contributed by atoms with E-state index in [-0.39, 0.29) is 0 Å². The molecule has 0 amide bonds. The fourth-order valence-electron chi connectivity index (χ4n) is 0.730. The first-order valence-electron chi connectivity index (χ1n) is 5.47. The largest absolute Gasteiger partial charge is 0.257 e. The molecule has 15 heavy (non-hydrogen) atoms. The van der Waals surface area contributed by atoms with Gasteiger partial charge < -0.3 is 0 Å². The van der Waals surface area contributed by atoms with Crippen LogP contribution in [0.15, 0.2) is 6.20 Å². The third-order valence-electron chi connectivity index (χ3n) is 1.45. The molecule has 0 aliphatic rings. The lowest BCUT2D eigenvalue weighted by atomic mass is 10.3. The van der Waals surface area contributed by atoms with Gasteiger partial charge in [0.25, 0.3) is 0 Å². The molecule has 0 radical (unpaired) electrons. The third-order valence-corrected chi connectivity index (χ3v) is 1.45. The molecule has 1 aromatic heterocycles. The first-order chi connectivity index (χ1) is 7.24.